The van der Waals surface area contributed by atoms with Gasteiger partial charge in [-0.3, -0.25) is 9.69 Å². The lowest BCUT2D eigenvalue weighted by molar-refractivity contribution is -0.134. The van der Waals surface area contributed by atoms with E-state index in [1.165, 1.54) is 38.5 Å². The molecule has 1 atom stereocenters. The maximum Gasteiger partial charge on any atom is 0.236 e. The molecule has 0 aromatic carbocycles. The van der Waals surface area contributed by atoms with Crippen molar-refractivity contribution < 1.29 is 4.79 Å². The molecule has 0 N–H and O–H groups in total. The number of hydrogen-bond donors (Lipinski definition) is 0. The lowest BCUT2D eigenvalue weighted by Gasteiger charge is -2.37. The van der Waals surface area contributed by atoms with E-state index >= 15 is 0 Å². The fourth-order valence-corrected chi connectivity index (χ4v) is 3.26. The van der Waals surface area contributed by atoms with Crippen LogP contribution < -0.4 is 0 Å². The SMILES string of the molecule is CC[C@H]1CCCCN1CC(=O)N1CCC(C)CC1. The first-order valence-electron chi connectivity index (χ1n) is 7.72. The molecule has 104 valence electrons. The van der Waals surface area contributed by atoms with E-state index in [1.54, 1.807) is 0 Å². The summed E-state index contributed by atoms with van der Waals surface area (Å²) >= 11 is 0. The van der Waals surface area contributed by atoms with E-state index in [0.29, 0.717) is 18.5 Å². The van der Waals surface area contributed by atoms with Crippen molar-refractivity contribution in [3.05, 3.63) is 0 Å². The fourth-order valence-electron chi connectivity index (χ4n) is 3.26. The third-order valence-electron chi connectivity index (χ3n) is 4.70. The number of piperidine rings is 2. The van der Waals surface area contributed by atoms with E-state index in [1.807, 2.05) is 0 Å². The fraction of sp³-hybridized carbons (Fsp3) is 0.933. The summed E-state index contributed by atoms with van der Waals surface area (Å²) in [7, 11) is 0. The third-order valence-corrected chi connectivity index (χ3v) is 4.70. The second-order valence-corrected chi connectivity index (χ2v) is 6.09. The van der Waals surface area contributed by atoms with Crippen LogP contribution in [-0.2, 0) is 4.79 Å². The van der Waals surface area contributed by atoms with Crippen molar-refractivity contribution in [2.45, 2.75) is 58.4 Å². The van der Waals surface area contributed by atoms with Crippen molar-refractivity contribution in [1.29, 1.82) is 0 Å². The zero-order valence-corrected chi connectivity index (χ0v) is 12.0. The summed E-state index contributed by atoms with van der Waals surface area (Å²) in [6, 6.07) is 0.645. The smallest absolute Gasteiger partial charge is 0.236 e. The van der Waals surface area contributed by atoms with E-state index in [4.69, 9.17) is 0 Å². The Kier molecular flexibility index (Phi) is 5.04. The van der Waals surface area contributed by atoms with Gasteiger partial charge < -0.3 is 4.90 Å². The molecule has 2 saturated heterocycles. The van der Waals surface area contributed by atoms with Crippen molar-refractivity contribution in [1.82, 2.24) is 9.80 Å². The molecule has 2 heterocycles. The standard InChI is InChI=1S/C15H28N2O/c1-3-14-6-4-5-9-17(14)12-15(18)16-10-7-13(2)8-11-16/h13-14H,3-12H2,1-2H3/t14-/m0/s1. The lowest BCUT2D eigenvalue weighted by atomic mass is 9.98. The van der Waals surface area contributed by atoms with E-state index in [9.17, 15) is 4.79 Å². The topological polar surface area (TPSA) is 23.6 Å². The number of amides is 1. The molecule has 0 aromatic heterocycles. The number of likely N-dealkylation sites (tertiary alicyclic amines) is 2. The molecule has 0 radical (unpaired) electrons. The van der Waals surface area contributed by atoms with Gasteiger partial charge in [-0.15, -0.1) is 0 Å². The highest BCUT2D eigenvalue weighted by Gasteiger charge is 2.26. The summed E-state index contributed by atoms with van der Waals surface area (Å²) in [5.74, 6) is 1.16. The van der Waals surface area contributed by atoms with Gasteiger partial charge in [-0.25, -0.2) is 0 Å². The lowest BCUT2D eigenvalue weighted by Crippen LogP contribution is -2.48. The first-order chi connectivity index (χ1) is 8.70. The van der Waals surface area contributed by atoms with Gasteiger partial charge in [0.1, 0.15) is 0 Å². The van der Waals surface area contributed by atoms with Gasteiger partial charge in [-0.2, -0.15) is 0 Å². The predicted octanol–water partition coefficient (Wildman–Crippen LogP) is 2.51. The zero-order valence-electron chi connectivity index (χ0n) is 12.0. The highest BCUT2D eigenvalue weighted by molar-refractivity contribution is 5.78. The minimum absolute atomic E-state index is 0.363. The molecule has 0 spiro atoms. The van der Waals surface area contributed by atoms with Crippen LogP contribution in [0.2, 0.25) is 0 Å². The molecule has 0 aliphatic carbocycles. The monoisotopic (exact) mass is 252 g/mol. The Morgan fingerprint density at radius 3 is 2.50 bits per heavy atom. The molecule has 2 rings (SSSR count). The van der Waals surface area contributed by atoms with Crippen molar-refractivity contribution in [3.8, 4) is 0 Å². The molecular formula is C15H28N2O. The minimum Gasteiger partial charge on any atom is -0.342 e. The van der Waals surface area contributed by atoms with Gasteiger partial charge in [0.2, 0.25) is 5.91 Å². The van der Waals surface area contributed by atoms with Crippen molar-refractivity contribution in [2.24, 2.45) is 5.92 Å². The number of rotatable bonds is 3. The second-order valence-electron chi connectivity index (χ2n) is 6.09. The van der Waals surface area contributed by atoms with Gasteiger partial charge in [-0.1, -0.05) is 20.3 Å². The summed E-state index contributed by atoms with van der Waals surface area (Å²) < 4.78 is 0. The van der Waals surface area contributed by atoms with E-state index in [0.717, 1.165) is 25.6 Å². The minimum atomic E-state index is 0.363. The number of hydrogen-bond acceptors (Lipinski definition) is 2. The first-order valence-corrected chi connectivity index (χ1v) is 7.72. The Bertz CT molecular complexity index is 272. The van der Waals surface area contributed by atoms with E-state index in [2.05, 4.69) is 23.6 Å². The van der Waals surface area contributed by atoms with Crippen LogP contribution in [0.1, 0.15) is 52.4 Å². The summed E-state index contributed by atoms with van der Waals surface area (Å²) in [5.41, 5.74) is 0. The molecule has 0 aromatic rings. The molecule has 3 heteroatoms. The van der Waals surface area contributed by atoms with Crippen LogP contribution in [0.15, 0.2) is 0 Å². The Balaban J connectivity index is 1.82. The Labute approximate surface area is 112 Å². The largest absolute Gasteiger partial charge is 0.342 e. The molecule has 0 saturated carbocycles. The van der Waals surface area contributed by atoms with Crippen LogP contribution in [0.4, 0.5) is 0 Å². The van der Waals surface area contributed by atoms with Crippen molar-refractivity contribution in [2.75, 3.05) is 26.2 Å². The average Bonchev–Trinajstić information content (AvgIpc) is 2.40. The summed E-state index contributed by atoms with van der Waals surface area (Å²) in [5, 5.41) is 0. The van der Waals surface area contributed by atoms with Crippen LogP contribution in [-0.4, -0.2) is 47.9 Å². The molecule has 2 fully saturated rings. The first kappa shape index (κ1) is 13.9. The molecule has 0 bridgehead atoms. The highest BCUT2D eigenvalue weighted by atomic mass is 16.2. The third kappa shape index (κ3) is 3.47. The van der Waals surface area contributed by atoms with Crippen LogP contribution in [0, 0.1) is 5.92 Å². The van der Waals surface area contributed by atoms with Crippen LogP contribution in [0.25, 0.3) is 0 Å². The molecule has 2 aliphatic rings. The van der Waals surface area contributed by atoms with E-state index in [-0.39, 0.29) is 0 Å². The molecular weight excluding hydrogens is 224 g/mol. The van der Waals surface area contributed by atoms with Gasteiger partial charge in [0.05, 0.1) is 6.54 Å². The highest BCUT2D eigenvalue weighted by Crippen LogP contribution is 2.20. The van der Waals surface area contributed by atoms with Crippen molar-refractivity contribution in [3.63, 3.8) is 0 Å². The van der Waals surface area contributed by atoms with Gasteiger partial charge in [0.15, 0.2) is 0 Å². The molecule has 2 aliphatic heterocycles. The molecule has 1 amide bonds. The van der Waals surface area contributed by atoms with Crippen molar-refractivity contribution >= 4 is 5.91 Å². The Hall–Kier alpha value is -0.570. The quantitative estimate of drug-likeness (QED) is 0.770. The number of nitrogens with zero attached hydrogens (tertiary/aromatic N) is 2. The molecule has 3 nitrogen and oxygen atoms in total. The normalized spacial score (nSPS) is 27.4. The van der Waals surface area contributed by atoms with Gasteiger partial charge in [0, 0.05) is 19.1 Å². The zero-order chi connectivity index (χ0) is 13.0. The number of carbonyl (C=O) groups excluding carboxylic acids is 1. The maximum atomic E-state index is 12.3. The average molecular weight is 252 g/mol. The molecule has 0 unspecified atom stereocenters. The second kappa shape index (κ2) is 6.55. The van der Waals surface area contributed by atoms with Crippen LogP contribution in [0.5, 0.6) is 0 Å². The predicted molar refractivity (Wildman–Crippen MR) is 74.5 cm³/mol. The molecule has 18 heavy (non-hydrogen) atoms. The van der Waals surface area contributed by atoms with Gasteiger partial charge in [-0.05, 0) is 44.6 Å². The summed E-state index contributed by atoms with van der Waals surface area (Å²) in [6.45, 7) is 8.27. The number of carbonyl (C=O) groups is 1. The Morgan fingerprint density at radius 2 is 1.83 bits per heavy atom. The summed E-state index contributed by atoms with van der Waals surface area (Å²) in [6.07, 6.45) is 7.43. The summed E-state index contributed by atoms with van der Waals surface area (Å²) in [4.78, 5) is 16.8. The van der Waals surface area contributed by atoms with Gasteiger partial charge in [0.25, 0.3) is 0 Å². The van der Waals surface area contributed by atoms with Gasteiger partial charge >= 0.3 is 0 Å². The maximum absolute atomic E-state index is 12.3. The Morgan fingerprint density at radius 1 is 1.11 bits per heavy atom. The van der Waals surface area contributed by atoms with Crippen LogP contribution in [0.3, 0.4) is 0 Å². The van der Waals surface area contributed by atoms with E-state index < -0.39 is 0 Å². The van der Waals surface area contributed by atoms with Crippen LogP contribution >= 0.6 is 0 Å².